The maximum Gasteiger partial charge on any atom is 0.243 e. The van der Waals surface area contributed by atoms with Crippen molar-refractivity contribution in [3.05, 3.63) is 35.5 Å². The Kier molecular flexibility index (Phi) is 2.97. The number of hydrogen-bond acceptors (Lipinski definition) is 3. The van der Waals surface area contributed by atoms with E-state index < -0.39 is 0 Å². The van der Waals surface area contributed by atoms with Crippen LogP contribution in [0.5, 0.6) is 0 Å². The molecular formula is C16H19N3O2. The minimum atomic E-state index is -0.295. The van der Waals surface area contributed by atoms with Crippen LogP contribution < -0.4 is 10.8 Å². The van der Waals surface area contributed by atoms with Gasteiger partial charge >= 0.3 is 0 Å². The fourth-order valence-electron chi connectivity index (χ4n) is 4.08. The third kappa shape index (κ3) is 2.04. The van der Waals surface area contributed by atoms with Crippen molar-refractivity contribution >= 4 is 16.8 Å². The van der Waals surface area contributed by atoms with Crippen molar-refractivity contribution in [2.75, 3.05) is 6.54 Å². The van der Waals surface area contributed by atoms with Crippen LogP contribution in [0.3, 0.4) is 0 Å². The lowest BCUT2D eigenvalue weighted by Crippen LogP contribution is -2.47. The Bertz CT molecular complexity index is 694. The van der Waals surface area contributed by atoms with Crippen LogP contribution in [0.2, 0.25) is 0 Å². The van der Waals surface area contributed by atoms with Crippen molar-refractivity contribution in [3.63, 3.8) is 0 Å². The molecule has 1 aromatic carbocycles. The molecule has 3 atom stereocenters. The van der Waals surface area contributed by atoms with Gasteiger partial charge in [-0.15, -0.1) is 0 Å². The first-order valence-electron chi connectivity index (χ1n) is 7.51. The fraction of sp³-hybridized carbons (Fsp3) is 0.438. The number of aromatic amines is 1. The van der Waals surface area contributed by atoms with Gasteiger partial charge in [-0.05, 0) is 42.5 Å². The number of H-pyrrole nitrogens is 1. The number of fused-ring (bicyclic) bond motifs is 2. The predicted molar refractivity (Wildman–Crippen MR) is 79.2 cm³/mol. The second-order valence-corrected chi connectivity index (χ2v) is 6.25. The zero-order valence-electron chi connectivity index (χ0n) is 11.7. The first kappa shape index (κ1) is 12.9. The van der Waals surface area contributed by atoms with Gasteiger partial charge in [0.2, 0.25) is 5.91 Å². The van der Waals surface area contributed by atoms with E-state index in [0.717, 1.165) is 19.4 Å². The van der Waals surface area contributed by atoms with E-state index in [9.17, 15) is 4.79 Å². The Labute approximate surface area is 122 Å². The first-order valence-corrected chi connectivity index (χ1v) is 7.51. The molecule has 1 saturated heterocycles. The van der Waals surface area contributed by atoms with Crippen molar-refractivity contribution in [3.8, 4) is 0 Å². The van der Waals surface area contributed by atoms with Crippen LogP contribution >= 0.6 is 0 Å². The number of piperidine rings is 1. The average molecular weight is 285 g/mol. The number of benzene rings is 1. The number of amides is 1. The highest BCUT2D eigenvalue weighted by molar-refractivity contribution is 5.88. The molecule has 5 heteroatoms. The third-order valence-corrected chi connectivity index (χ3v) is 5.00. The molecule has 1 aromatic heterocycles. The van der Waals surface area contributed by atoms with Gasteiger partial charge in [-0.3, -0.25) is 10.0 Å². The van der Waals surface area contributed by atoms with Gasteiger partial charge in [0.1, 0.15) is 0 Å². The maximum atomic E-state index is 11.4. The first-order chi connectivity index (χ1) is 10.3. The lowest BCUT2D eigenvalue weighted by Gasteiger charge is -2.40. The molecule has 2 unspecified atom stereocenters. The van der Waals surface area contributed by atoms with Gasteiger partial charge < -0.3 is 10.3 Å². The summed E-state index contributed by atoms with van der Waals surface area (Å²) >= 11 is 0. The number of carbonyl (C=O) groups is 1. The van der Waals surface area contributed by atoms with Gasteiger partial charge in [-0.1, -0.05) is 12.1 Å². The summed E-state index contributed by atoms with van der Waals surface area (Å²) in [5, 5.41) is 13.7. The Morgan fingerprint density at radius 3 is 3.19 bits per heavy atom. The summed E-state index contributed by atoms with van der Waals surface area (Å²) < 4.78 is 0. The quantitative estimate of drug-likeness (QED) is 0.501. The van der Waals surface area contributed by atoms with Crippen molar-refractivity contribution in [2.45, 2.75) is 31.2 Å². The zero-order valence-corrected chi connectivity index (χ0v) is 11.7. The normalized spacial score (nSPS) is 27.4. The van der Waals surface area contributed by atoms with E-state index in [-0.39, 0.29) is 11.8 Å². The predicted octanol–water partition coefficient (Wildman–Crippen LogP) is 1.68. The minimum absolute atomic E-state index is 0.272. The molecule has 2 aromatic rings. The SMILES string of the molecule is O=C(CC1CN[C@@H]2Cc3c[nH]c4cccc(c34)C2C1)NO. The smallest absolute Gasteiger partial charge is 0.243 e. The fourth-order valence-corrected chi connectivity index (χ4v) is 4.08. The monoisotopic (exact) mass is 285 g/mol. The number of rotatable bonds is 2. The van der Waals surface area contributed by atoms with E-state index in [1.165, 1.54) is 22.0 Å². The van der Waals surface area contributed by atoms with Gasteiger partial charge in [0, 0.05) is 35.5 Å². The number of carbonyl (C=O) groups excluding carboxylic acids is 1. The highest BCUT2D eigenvalue weighted by Crippen LogP contribution is 2.42. The molecule has 21 heavy (non-hydrogen) atoms. The van der Waals surface area contributed by atoms with Crippen molar-refractivity contribution in [2.24, 2.45) is 5.92 Å². The van der Waals surface area contributed by atoms with Crippen molar-refractivity contribution in [1.82, 2.24) is 15.8 Å². The highest BCUT2D eigenvalue weighted by Gasteiger charge is 2.36. The molecule has 1 aliphatic carbocycles. The van der Waals surface area contributed by atoms with Gasteiger partial charge in [-0.25, -0.2) is 5.48 Å². The van der Waals surface area contributed by atoms with E-state index in [0.29, 0.717) is 18.4 Å². The summed E-state index contributed by atoms with van der Waals surface area (Å²) in [6.07, 6.45) is 4.54. The van der Waals surface area contributed by atoms with Crippen LogP contribution in [0, 0.1) is 5.92 Å². The molecule has 0 bridgehead atoms. The molecule has 1 aliphatic heterocycles. The molecule has 2 heterocycles. The summed E-state index contributed by atoms with van der Waals surface area (Å²) in [5.41, 5.74) is 5.73. The summed E-state index contributed by atoms with van der Waals surface area (Å²) in [6, 6.07) is 6.89. The van der Waals surface area contributed by atoms with Crippen molar-refractivity contribution in [1.29, 1.82) is 0 Å². The van der Waals surface area contributed by atoms with Crippen LogP contribution in [0.15, 0.2) is 24.4 Å². The van der Waals surface area contributed by atoms with Crippen molar-refractivity contribution < 1.29 is 10.0 Å². The highest BCUT2D eigenvalue weighted by atomic mass is 16.5. The summed E-state index contributed by atoms with van der Waals surface area (Å²) in [5.74, 6) is 0.424. The van der Waals surface area contributed by atoms with Gasteiger partial charge in [0.15, 0.2) is 0 Å². The Morgan fingerprint density at radius 2 is 2.33 bits per heavy atom. The van der Waals surface area contributed by atoms with Gasteiger partial charge in [0.25, 0.3) is 0 Å². The number of hydroxylamine groups is 1. The lowest BCUT2D eigenvalue weighted by atomic mass is 9.73. The third-order valence-electron chi connectivity index (χ3n) is 5.00. The van der Waals surface area contributed by atoms with Crippen LogP contribution in [0.25, 0.3) is 10.9 Å². The maximum absolute atomic E-state index is 11.4. The molecular weight excluding hydrogens is 266 g/mol. The molecule has 4 N–H and O–H groups in total. The molecule has 4 rings (SSSR count). The molecule has 1 fully saturated rings. The van der Waals surface area contributed by atoms with E-state index in [2.05, 4.69) is 34.7 Å². The largest absolute Gasteiger partial charge is 0.361 e. The van der Waals surface area contributed by atoms with Crippen LogP contribution in [-0.4, -0.2) is 28.7 Å². The summed E-state index contributed by atoms with van der Waals surface area (Å²) in [7, 11) is 0. The van der Waals surface area contributed by atoms with E-state index in [4.69, 9.17) is 5.21 Å². The van der Waals surface area contributed by atoms with Gasteiger partial charge in [-0.2, -0.15) is 0 Å². The number of aromatic nitrogens is 1. The van der Waals surface area contributed by atoms with E-state index in [1.54, 1.807) is 5.48 Å². The Morgan fingerprint density at radius 1 is 1.43 bits per heavy atom. The van der Waals surface area contributed by atoms with Crippen LogP contribution in [0.4, 0.5) is 0 Å². The molecule has 5 nitrogen and oxygen atoms in total. The molecule has 110 valence electrons. The molecule has 2 aliphatic rings. The topological polar surface area (TPSA) is 77.2 Å². The molecule has 1 amide bonds. The van der Waals surface area contributed by atoms with Gasteiger partial charge in [0.05, 0.1) is 0 Å². The molecule has 0 radical (unpaired) electrons. The summed E-state index contributed by atoms with van der Waals surface area (Å²) in [4.78, 5) is 14.8. The zero-order chi connectivity index (χ0) is 14.4. The second-order valence-electron chi connectivity index (χ2n) is 6.25. The number of nitrogens with one attached hydrogen (secondary N) is 3. The Balaban J connectivity index is 1.66. The molecule has 0 saturated carbocycles. The number of hydrogen-bond donors (Lipinski definition) is 4. The Hall–Kier alpha value is -1.85. The molecule has 0 spiro atoms. The van der Waals surface area contributed by atoms with Crippen LogP contribution in [0.1, 0.15) is 29.9 Å². The van der Waals surface area contributed by atoms with Crippen LogP contribution in [-0.2, 0) is 11.2 Å². The summed E-state index contributed by atoms with van der Waals surface area (Å²) in [6.45, 7) is 0.838. The average Bonchev–Trinajstić information content (AvgIpc) is 2.92. The lowest BCUT2D eigenvalue weighted by molar-refractivity contribution is -0.130. The second kappa shape index (κ2) is 4.86. The van der Waals surface area contributed by atoms with E-state index in [1.807, 2.05) is 0 Å². The minimum Gasteiger partial charge on any atom is -0.361 e. The standard InChI is InChI=1S/C16H19N3O2/c20-15(19-21)5-9-4-12-11-2-1-3-13-16(11)10(8-18-13)6-14(12)17-7-9/h1-3,8-9,12,14,17-18,21H,4-7H2,(H,19,20)/t9?,12?,14-/m1/s1. The van der Waals surface area contributed by atoms with E-state index >= 15 is 0 Å².